The monoisotopic (exact) mass is 428 g/mol. The Labute approximate surface area is 183 Å². The second-order valence-corrected chi connectivity index (χ2v) is 6.92. The fourth-order valence-corrected chi connectivity index (χ4v) is 3.06. The zero-order valence-electron chi connectivity index (χ0n) is 17.3. The highest BCUT2D eigenvalue weighted by Gasteiger charge is 2.12. The lowest BCUT2D eigenvalue weighted by atomic mass is 10.1. The summed E-state index contributed by atoms with van der Waals surface area (Å²) in [6.07, 6.45) is 6.88. The van der Waals surface area contributed by atoms with Gasteiger partial charge in [-0.25, -0.2) is 15.0 Å². The van der Waals surface area contributed by atoms with Crippen molar-refractivity contribution in [2.45, 2.75) is 19.8 Å². The molecule has 9 nitrogen and oxygen atoms in total. The van der Waals surface area contributed by atoms with Crippen LogP contribution in [0.1, 0.15) is 17.7 Å². The van der Waals surface area contributed by atoms with Gasteiger partial charge in [0.2, 0.25) is 5.91 Å². The average molecular weight is 428 g/mol. The van der Waals surface area contributed by atoms with Crippen LogP contribution in [0.25, 0.3) is 11.4 Å². The highest BCUT2D eigenvalue weighted by Crippen LogP contribution is 2.20. The van der Waals surface area contributed by atoms with Gasteiger partial charge in [-0.3, -0.25) is 14.6 Å². The molecule has 0 bridgehead atoms. The number of amides is 1. The third kappa shape index (κ3) is 5.20. The first kappa shape index (κ1) is 20.9. The van der Waals surface area contributed by atoms with E-state index in [4.69, 9.17) is 4.74 Å². The minimum Gasteiger partial charge on any atom is -0.424 e. The lowest BCUT2D eigenvalue weighted by molar-refractivity contribution is -0.116. The number of pyridine rings is 1. The first-order chi connectivity index (χ1) is 15.6. The van der Waals surface area contributed by atoms with Crippen molar-refractivity contribution in [1.29, 1.82) is 0 Å². The van der Waals surface area contributed by atoms with Crippen molar-refractivity contribution in [2.24, 2.45) is 0 Å². The third-order valence-electron chi connectivity index (χ3n) is 4.67. The summed E-state index contributed by atoms with van der Waals surface area (Å²) >= 11 is 0. The van der Waals surface area contributed by atoms with Crippen molar-refractivity contribution in [1.82, 2.24) is 24.9 Å². The van der Waals surface area contributed by atoms with Crippen molar-refractivity contribution in [3.05, 3.63) is 88.9 Å². The summed E-state index contributed by atoms with van der Waals surface area (Å²) < 4.78 is 5.53. The molecule has 9 heteroatoms. The van der Waals surface area contributed by atoms with Crippen molar-refractivity contribution in [3.63, 3.8) is 0 Å². The van der Waals surface area contributed by atoms with E-state index in [2.05, 4.69) is 30.2 Å². The summed E-state index contributed by atoms with van der Waals surface area (Å²) in [6, 6.07) is 12.4. The average Bonchev–Trinajstić information content (AvgIpc) is 2.81. The zero-order chi connectivity index (χ0) is 22.3. The van der Waals surface area contributed by atoms with Crippen LogP contribution in [0.5, 0.6) is 11.8 Å². The Morgan fingerprint density at radius 1 is 1.03 bits per heavy atom. The number of benzene rings is 1. The predicted molar refractivity (Wildman–Crippen MR) is 118 cm³/mol. The molecule has 3 heterocycles. The number of nitrogens with zero attached hydrogens (tertiary/aromatic N) is 4. The molecule has 0 unspecified atom stereocenters. The number of aromatic nitrogens is 5. The molecule has 0 spiro atoms. The van der Waals surface area contributed by atoms with E-state index in [-0.39, 0.29) is 30.3 Å². The van der Waals surface area contributed by atoms with E-state index in [1.54, 1.807) is 74.2 Å². The van der Waals surface area contributed by atoms with Gasteiger partial charge in [-0.15, -0.1) is 0 Å². The van der Waals surface area contributed by atoms with Gasteiger partial charge in [-0.05, 0) is 55.8 Å². The highest BCUT2D eigenvalue weighted by atomic mass is 16.5. The van der Waals surface area contributed by atoms with Crippen LogP contribution in [-0.4, -0.2) is 30.8 Å². The van der Waals surface area contributed by atoms with Crippen LogP contribution in [0.3, 0.4) is 0 Å². The number of aromatic amines is 1. The first-order valence-corrected chi connectivity index (χ1v) is 9.93. The molecular formula is C23H20N6O3. The molecule has 4 aromatic rings. The van der Waals surface area contributed by atoms with E-state index < -0.39 is 0 Å². The van der Waals surface area contributed by atoms with E-state index in [1.807, 2.05) is 0 Å². The second kappa shape index (κ2) is 9.61. The molecule has 32 heavy (non-hydrogen) atoms. The molecular weight excluding hydrogens is 408 g/mol. The van der Waals surface area contributed by atoms with Crippen LogP contribution in [0, 0.1) is 6.92 Å². The summed E-state index contributed by atoms with van der Waals surface area (Å²) in [4.78, 5) is 44.1. The van der Waals surface area contributed by atoms with Crippen LogP contribution in [0.4, 0.5) is 5.69 Å². The number of anilines is 1. The van der Waals surface area contributed by atoms with E-state index in [9.17, 15) is 9.59 Å². The molecule has 160 valence electrons. The number of hydrogen-bond donors (Lipinski definition) is 2. The van der Waals surface area contributed by atoms with Gasteiger partial charge in [-0.2, -0.15) is 0 Å². The Hall–Kier alpha value is -4.40. The van der Waals surface area contributed by atoms with Gasteiger partial charge in [0, 0.05) is 53.7 Å². The van der Waals surface area contributed by atoms with Crippen molar-refractivity contribution in [2.75, 3.05) is 5.32 Å². The molecule has 0 aliphatic heterocycles. The molecule has 0 saturated carbocycles. The van der Waals surface area contributed by atoms with E-state index in [0.717, 1.165) is 5.56 Å². The number of ether oxygens (including phenoxy) is 1. The zero-order valence-corrected chi connectivity index (χ0v) is 17.3. The van der Waals surface area contributed by atoms with Crippen LogP contribution in [0.15, 0.2) is 72.0 Å². The number of hydrogen-bond acceptors (Lipinski definition) is 7. The van der Waals surface area contributed by atoms with Crippen LogP contribution in [0.2, 0.25) is 0 Å². The van der Waals surface area contributed by atoms with Crippen molar-refractivity contribution in [3.8, 4) is 23.1 Å². The lowest BCUT2D eigenvalue weighted by Gasteiger charge is -2.09. The predicted octanol–water partition coefficient (Wildman–Crippen LogP) is 3.29. The standard InChI is InChI=1S/C23H20N6O3/c1-15-19(22(31)29-21(27-15)16-9-13-24-14-10-16)7-8-20(30)28-17-3-5-18(6-4-17)32-23-25-11-2-12-26-23/h2-6,9-14H,7-8H2,1H3,(H,28,30)(H,27,29,31). The molecule has 4 rings (SSSR count). The van der Waals surface area contributed by atoms with Gasteiger partial charge in [0.05, 0.1) is 0 Å². The minimum atomic E-state index is -0.248. The van der Waals surface area contributed by atoms with Crippen LogP contribution in [-0.2, 0) is 11.2 Å². The summed E-state index contributed by atoms with van der Waals surface area (Å²) in [5.41, 5.74) is 2.23. The molecule has 3 aromatic heterocycles. The number of H-pyrrole nitrogens is 1. The van der Waals surface area contributed by atoms with Crippen molar-refractivity contribution >= 4 is 11.6 Å². The molecule has 0 atom stereocenters. The summed E-state index contributed by atoms with van der Waals surface area (Å²) in [5, 5.41) is 2.81. The number of nitrogens with one attached hydrogen (secondary N) is 2. The Bertz CT molecular complexity index is 1260. The van der Waals surface area contributed by atoms with E-state index >= 15 is 0 Å². The van der Waals surface area contributed by atoms with Crippen LogP contribution < -0.4 is 15.6 Å². The Kier molecular flexibility index (Phi) is 6.26. The number of carbonyl (C=O) groups is 1. The minimum absolute atomic E-state index is 0.149. The maximum absolute atomic E-state index is 12.5. The summed E-state index contributed by atoms with van der Waals surface area (Å²) in [7, 11) is 0. The molecule has 0 radical (unpaired) electrons. The molecule has 0 fully saturated rings. The van der Waals surface area contributed by atoms with E-state index in [0.29, 0.717) is 28.5 Å². The lowest BCUT2D eigenvalue weighted by Crippen LogP contribution is -2.20. The Morgan fingerprint density at radius 2 is 1.75 bits per heavy atom. The van der Waals surface area contributed by atoms with Gasteiger partial charge < -0.3 is 15.0 Å². The summed E-state index contributed by atoms with van der Waals surface area (Å²) in [6.45, 7) is 1.77. The number of carbonyl (C=O) groups excluding carboxylic acids is 1. The Morgan fingerprint density at radius 3 is 2.44 bits per heavy atom. The molecule has 1 aromatic carbocycles. The largest absolute Gasteiger partial charge is 0.424 e. The van der Waals surface area contributed by atoms with Gasteiger partial charge >= 0.3 is 6.01 Å². The normalized spacial score (nSPS) is 10.5. The molecule has 1 amide bonds. The van der Waals surface area contributed by atoms with Gasteiger partial charge in [0.15, 0.2) is 0 Å². The van der Waals surface area contributed by atoms with E-state index in [1.165, 1.54) is 0 Å². The molecule has 2 N–H and O–H groups in total. The van der Waals surface area contributed by atoms with Gasteiger partial charge in [0.1, 0.15) is 11.6 Å². The number of rotatable bonds is 7. The van der Waals surface area contributed by atoms with Crippen LogP contribution >= 0.6 is 0 Å². The Balaban J connectivity index is 1.35. The molecule has 0 aliphatic carbocycles. The van der Waals surface area contributed by atoms with Gasteiger partial charge in [-0.1, -0.05) is 0 Å². The maximum atomic E-state index is 12.5. The van der Waals surface area contributed by atoms with Crippen molar-refractivity contribution < 1.29 is 9.53 Å². The first-order valence-electron chi connectivity index (χ1n) is 9.93. The summed E-state index contributed by atoms with van der Waals surface area (Å²) in [5.74, 6) is 0.824. The smallest absolute Gasteiger partial charge is 0.321 e. The number of aryl methyl sites for hydroxylation is 1. The topological polar surface area (TPSA) is 123 Å². The van der Waals surface area contributed by atoms with Gasteiger partial charge in [0.25, 0.3) is 5.56 Å². The fourth-order valence-electron chi connectivity index (χ4n) is 3.06. The highest BCUT2D eigenvalue weighted by molar-refractivity contribution is 5.90. The maximum Gasteiger partial charge on any atom is 0.321 e. The SMILES string of the molecule is Cc1nc(-c2ccncc2)[nH]c(=O)c1CCC(=O)Nc1ccc(Oc2ncccn2)cc1. The second-order valence-electron chi connectivity index (χ2n) is 6.92. The molecule has 0 saturated heterocycles. The quantitative estimate of drug-likeness (QED) is 0.463. The fraction of sp³-hybridized carbons (Fsp3) is 0.130. The molecule has 0 aliphatic rings. The third-order valence-corrected chi connectivity index (χ3v) is 4.67.